The number of ether oxygens (including phenoxy) is 3. The van der Waals surface area contributed by atoms with E-state index in [-0.39, 0.29) is 16.9 Å². The number of esters is 2. The molecule has 22 heavy (non-hydrogen) atoms. The highest BCUT2D eigenvalue weighted by molar-refractivity contribution is 6.18. The molecule has 0 unspecified atom stereocenters. The maximum absolute atomic E-state index is 11.8. The number of carbonyl (C=O) groups is 3. The molecule has 7 nitrogen and oxygen atoms in total. The predicted molar refractivity (Wildman–Crippen MR) is 74.2 cm³/mol. The average Bonchev–Trinajstić information content (AvgIpc) is 2.41. The largest absolute Gasteiger partial charge is 0.496 e. The zero-order valence-corrected chi connectivity index (χ0v) is 12.2. The summed E-state index contributed by atoms with van der Waals surface area (Å²) in [7, 11) is 1.32. The van der Waals surface area contributed by atoms with Gasteiger partial charge in [-0.1, -0.05) is 6.07 Å². The Labute approximate surface area is 126 Å². The van der Waals surface area contributed by atoms with Crippen molar-refractivity contribution in [2.24, 2.45) is 0 Å². The topological polar surface area (TPSA) is 99.1 Å². The molecule has 1 saturated heterocycles. The van der Waals surface area contributed by atoms with Crippen LogP contribution >= 0.6 is 0 Å². The molecule has 0 radical (unpaired) electrons. The van der Waals surface area contributed by atoms with E-state index in [0.717, 1.165) is 0 Å². The van der Waals surface area contributed by atoms with E-state index in [1.54, 1.807) is 0 Å². The van der Waals surface area contributed by atoms with E-state index in [1.165, 1.54) is 45.2 Å². The molecule has 0 bridgehead atoms. The van der Waals surface area contributed by atoms with Gasteiger partial charge in [0.25, 0.3) is 5.79 Å². The molecule has 0 spiro atoms. The van der Waals surface area contributed by atoms with Crippen LogP contribution in [0, 0.1) is 0 Å². The molecular weight excluding hydrogens is 292 g/mol. The van der Waals surface area contributed by atoms with Gasteiger partial charge in [0, 0.05) is 13.8 Å². The maximum atomic E-state index is 11.8. The molecule has 2 rings (SSSR count). The quantitative estimate of drug-likeness (QED) is 0.514. The number of hydrogen-bond donors (Lipinski definition) is 1. The molecule has 0 atom stereocenters. The molecule has 0 amide bonds. The van der Waals surface area contributed by atoms with Crippen LogP contribution in [0.5, 0.6) is 5.75 Å². The monoisotopic (exact) mass is 306 g/mol. The van der Waals surface area contributed by atoms with Crippen molar-refractivity contribution in [3.05, 3.63) is 34.9 Å². The molecule has 1 aromatic rings. The SMILES string of the molecule is COc1cc(C=C2C(=O)OC(C)(C)OC2=O)ccc1C(=O)O. The summed E-state index contributed by atoms with van der Waals surface area (Å²) in [5, 5.41) is 9.01. The third kappa shape index (κ3) is 3.08. The number of cyclic esters (lactones) is 2. The standard InChI is InChI=1S/C15H14O7/c1-15(2)21-13(18)10(14(19)22-15)6-8-4-5-9(12(16)17)11(7-8)20-3/h4-7H,1-3H3,(H,16,17). The molecular formula is C15H14O7. The van der Waals surface area contributed by atoms with Gasteiger partial charge in [0.15, 0.2) is 0 Å². The zero-order chi connectivity index (χ0) is 16.5. The molecule has 0 aliphatic carbocycles. The first-order valence-electron chi connectivity index (χ1n) is 6.33. The number of carboxylic acids is 1. The number of methoxy groups -OCH3 is 1. The van der Waals surface area contributed by atoms with Crippen molar-refractivity contribution in [3.63, 3.8) is 0 Å². The van der Waals surface area contributed by atoms with E-state index in [1.807, 2.05) is 0 Å². The lowest BCUT2D eigenvalue weighted by Gasteiger charge is -2.29. The van der Waals surface area contributed by atoms with Crippen LogP contribution in [-0.2, 0) is 19.1 Å². The highest BCUT2D eigenvalue weighted by atomic mass is 16.7. The summed E-state index contributed by atoms with van der Waals surface area (Å²) >= 11 is 0. The lowest BCUT2D eigenvalue weighted by Crippen LogP contribution is -2.41. The van der Waals surface area contributed by atoms with Crippen LogP contribution in [0.2, 0.25) is 0 Å². The summed E-state index contributed by atoms with van der Waals surface area (Å²) in [5.74, 6) is -3.95. The number of carbonyl (C=O) groups excluding carboxylic acids is 2. The number of carboxylic acid groups (broad SMARTS) is 1. The van der Waals surface area contributed by atoms with Crippen LogP contribution in [0.3, 0.4) is 0 Å². The van der Waals surface area contributed by atoms with Crippen molar-refractivity contribution in [2.45, 2.75) is 19.6 Å². The third-order valence-corrected chi connectivity index (χ3v) is 2.88. The molecule has 1 heterocycles. The minimum atomic E-state index is -1.31. The number of rotatable bonds is 3. The lowest BCUT2D eigenvalue weighted by molar-refractivity contribution is -0.222. The van der Waals surface area contributed by atoms with Crippen LogP contribution in [-0.4, -0.2) is 35.9 Å². The molecule has 0 saturated carbocycles. The van der Waals surface area contributed by atoms with Crippen molar-refractivity contribution in [1.29, 1.82) is 0 Å². The molecule has 116 valence electrons. The van der Waals surface area contributed by atoms with E-state index in [2.05, 4.69) is 0 Å². The van der Waals surface area contributed by atoms with Crippen molar-refractivity contribution in [1.82, 2.24) is 0 Å². The van der Waals surface area contributed by atoms with Crippen molar-refractivity contribution in [2.75, 3.05) is 7.11 Å². The van der Waals surface area contributed by atoms with E-state index >= 15 is 0 Å². The fourth-order valence-electron chi connectivity index (χ4n) is 1.92. The second-order valence-corrected chi connectivity index (χ2v) is 5.00. The minimum absolute atomic E-state index is 0.0282. The summed E-state index contributed by atoms with van der Waals surface area (Å²) < 4.78 is 14.9. The van der Waals surface area contributed by atoms with Crippen molar-refractivity contribution in [3.8, 4) is 5.75 Å². The predicted octanol–water partition coefficient (Wildman–Crippen LogP) is 1.61. The Morgan fingerprint density at radius 3 is 2.32 bits per heavy atom. The fraction of sp³-hybridized carbons (Fsp3) is 0.267. The summed E-state index contributed by atoms with van der Waals surface area (Å²) in [4.78, 5) is 34.7. The first-order chi connectivity index (χ1) is 10.2. The number of aromatic carboxylic acids is 1. The fourth-order valence-corrected chi connectivity index (χ4v) is 1.92. The van der Waals surface area contributed by atoms with Crippen LogP contribution in [0.15, 0.2) is 23.8 Å². The third-order valence-electron chi connectivity index (χ3n) is 2.88. The van der Waals surface area contributed by atoms with Gasteiger partial charge in [-0.3, -0.25) is 0 Å². The van der Waals surface area contributed by atoms with E-state index in [0.29, 0.717) is 5.56 Å². The van der Waals surface area contributed by atoms with Gasteiger partial charge in [-0.05, 0) is 23.8 Å². The van der Waals surface area contributed by atoms with Crippen LogP contribution in [0.25, 0.3) is 6.08 Å². The number of hydrogen-bond acceptors (Lipinski definition) is 6. The molecule has 1 fully saturated rings. The Morgan fingerprint density at radius 2 is 1.82 bits per heavy atom. The Bertz CT molecular complexity index is 663. The summed E-state index contributed by atoms with van der Waals surface area (Å²) in [5.41, 5.74) is 0.106. The van der Waals surface area contributed by atoms with Gasteiger partial charge in [-0.25, -0.2) is 14.4 Å². The average molecular weight is 306 g/mol. The van der Waals surface area contributed by atoms with Gasteiger partial charge in [-0.2, -0.15) is 0 Å². The number of benzene rings is 1. The van der Waals surface area contributed by atoms with Gasteiger partial charge in [0.1, 0.15) is 16.9 Å². The Kier molecular flexibility index (Phi) is 3.90. The maximum Gasteiger partial charge on any atom is 0.348 e. The second-order valence-electron chi connectivity index (χ2n) is 5.00. The van der Waals surface area contributed by atoms with E-state index < -0.39 is 23.7 Å². The molecule has 7 heteroatoms. The summed E-state index contributed by atoms with van der Waals surface area (Å²) in [6, 6.07) is 4.16. The van der Waals surface area contributed by atoms with Crippen LogP contribution < -0.4 is 4.74 Å². The highest BCUT2D eigenvalue weighted by Crippen LogP contribution is 2.26. The van der Waals surface area contributed by atoms with Crippen LogP contribution in [0.4, 0.5) is 0 Å². The summed E-state index contributed by atoms with van der Waals surface area (Å²) in [6.45, 7) is 2.90. The Balaban J connectivity index is 2.39. The first-order valence-corrected chi connectivity index (χ1v) is 6.33. The minimum Gasteiger partial charge on any atom is -0.496 e. The molecule has 1 aromatic carbocycles. The molecule has 1 aliphatic heterocycles. The molecule has 1 N–H and O–H groups in total. The first kappa shape index (κ1) is 15.6. The van der Waals surface area contributed by atoms with Gasteiger partial charge in [-0.15, -0.1) is 0 Å². The van der Waals surface area contributed by atoms with E-state index in [9.17, 15) is 14.4 Å². The Morgan fingerprint density at radius 1 is 1.23 bits per heavy atom. The normalized spacial score (nSPS) is 16.6. The Hall–Kier alpha value is -2.83. The van der Waals surface area contributed by atoms with Crippen LogP contribution in [0.1, 0.15) is 29.8 Å². The summed E-state index contributed by atoms with van der Waals surface area (Å²) in [6.07, 6.45) is 1.26. The zero-order valence-electron chi connectivity index (χ0n) is 12.2. The second kappa shape index (κ2) is 5.51. The van der Waals surface area contributed by atoms with Gasteiger partial charge >= 0.3 is 17.9 Å². The van der Waals surface area contributed by atoms with E-state index in [4.69, 9.17) is 19.3 Å². The molecule has 0 aromatic heterocycles. The van der Waals surface area contributed by atoms with Gasteiger partial charge < -0.3 is 19.3 Å². The van der Waals surface area contributed by atoms with Crippen molar-refractivity contribution < 1.29 is 33.7 Å². The van der Waals surface area contributed by atoms with Gasteiger partial charge in [0.05, 0.1) is 7.11 Å². The smallest absolute Gasteiger partial charge is 0.348 e. The van der Waals surface area contributed by atoms with Gasteiger partial charge in [0.2, 0.25) is 0 Å². The highest BCUT2D eigenvalue weighted by Gasteiger charge is 2.38. The van der Waals surface area contributed by atoms with Crippen molar-refractivity contribution >= 4 is 24.0 Å². The molecule has 1 aliphatic rings. The lowest BCUT2D eigenvalue weighted by atomic mass is 10.1.